The van der Waals surface area contributed by atoms with E-state index in [1.54, 1.807) is 6.20 Å². The van der Waals surface area contributed by atoms with Crippen molar-refractivity contribution in [1.82, 2.24) is 9.55 Å². The molecular weight excluding hydrogens is 402 g/mol. The number of anilines is 1. The molecule has 0 fully saturated rings. The normalized spacial score (nSPS) is 14.9. The molecule has 3 heterocycles. The van der Waals surface area contributed by atoms with Crippen LogP contribution in [-0.2, 0) is 23.4 Å². The largest absolute Gasteiger partial charge is 0.334 e. The molecule has 0 spiro atoms. The molecule has 1 unspecified atom stereocenters. The topological polar surface area (TPSA) is 46.9 Å². The number of hydrogen-bond acceptors (Lipinski definition) is 3. The van der Waals surface area contributed by atoms with E-state index in [4.69, 9.17) is 0 Å². The lowest BCUT2D eigenvalue weighted by Crippen LogP contribution is -2.15. The summed E-state index contributed by atoms with van der Waals surface area (Å²) in [6.45, 7) is 0. The summed E-state index contributed by atoms with van der Waals surface area (Å²) in [5, 5.41) is 3.31. The van der Waals surface area contributed by atoms with Crippen LogP contribution in [0.25, 0.3) is 0 Å². The number of benzene rings is 2. The molecule has 1 aliphatic heterocycles. The Hall–Kier alpha value is -3.31. The van der Waals surface area contributed by atoms with Gasteiger partial charge in [-0.15, -0.1) is 11.8 Å². The van der Waals surface area contributed by atoms with Crippen molar-refractivity contribution in [3.8, 4) is 0 Å². The monoisotopic (exact) mass is 425 g/mol. The zero-order valence-electron chi connectivity index (χ0n) is 17.1. The average molecular weight is 426 g/mol. The minimum Gasteiger partial charge on any atom is -0.334 e. The number of carbonyl (C=O) groups excluding carboxylic acids is 1. The van der Waals surface area contributed by atoms with Gasteiger partial charge in [0.1, 0.15) is 5.37 Å². The molecule has 1 atom stereocenters. The highest BCUT2D eigenvalue weighted by Gasteiger charge is 2.26. The van der Waals surface area contributed by atoms with Gasteiger partial charge in [0, 0.05) is 41.3 Å². The number of amides is 1. The summed E-state index contributed by atoms with van der Waals surface area (Å²) >= 11 is 1.87. The maximum atomic E-state index is 12.8. The van der Waals surface area contributed by atoms with Crippen LogP contribution >= 0.6 is 11.8 Å². The van der Waals surface area contributed by atoms with Crippen molar-refractivity contribution in [1.29, 1.82) is 0 Å². The Bertz CT molecular complexity index is 1190. The van der Waals surface area contributed by atoms with Gasteiger partial charge in [0.25, 0.3) is 0 Å². The molecule has 0 saturated heterocycles. The SMILES string of the molecule is O=C(Cc1ccn2c1CSC2c1cccnc1)Nc1cccc(Cc2ccccc2)c1. The van der Waals surface area contributed by atoms with E-state index in [0.29, 0.717) is 6.42 Å². The van der Waals surface area contributed by atoms with E-state index < -0.39 is 0 Å². The molecular formula is C26H23N3OS. The Morgan fingerprint density at radius 2 is 1.90 bits per heavy atom. The smallest absolute Gasteiger partial charge is 0.228 e. The molecule has 1 amide bonds. The van der Waals surface area contributed by atoms with E-state index in [9.17, 15) is 4.79 Å². The van der Waals surface area contributed by atoms with Gasteiger partial charge < -0.3 is 9.88 Å². The summed E-state index contributed by atoms with van der Waals surface area (Å²) < 4.78 is 2.27. The van der Waals surface area contributed by atoms with Gasteiger partial charge in [-0.05, 0) is 47.4 Å². The van der Waals surface area contributed by atoms with Gasteiger partial charge in [-0.3, -0.25) is 9.78 Å². The Labute approximate surface area is 186 Å². The lowest BCUT2D eigenvalue weighted by molar-refractivity contribution is -0.115. The van der Waals surface area contributed by atoms with Gasteiger partial charge in [0.2, 0.25) is 5.91 Å². The molecule has 2 aromatic carbocycles. The highest BCUT2D eigenvalue weighted by atomic mass is 32.2. The summed E-state index contributed by atoms with van der Waals surface area (Å²) in [6.07, 6.45) is 7.04. The predicted octanol–water partition coefficient (Wildman–Crippen LogP) is 5.45. The van der Waals surface area contributed by atoms with Crippen molar-refractivity contribution in [3.63, 3.8) is 0 Å². The van der Waals surface area contributed by atoms with Gasteiger partial charge in [-0.25, -0.2) is 0 Å². The number of thioether (sulfide) groups is 1. The first-order valence-electron chi connectivity index (χ1n) is 10.4. The molecule has 0 aliphatic carbocycles. The molecule has 1 N–H and O–H groups in total. The second-order valence-corrected chi connectivity index (χ2v) is 8.80. The van der Waals surface area contributed by atoms with Crippen LogP contribution in [0.4, 0.5) is 5.69 Å². The van der Waals surface area contributed by atoms with Crippen LogP contribution < -0.4 is 5.32 Å². The first-order valence-corrected chi connectivity index (χ1v) is 11.4. The van der Waals surface area contributed by atoms with Crippen LogP contribution in [0.2, 0.25) is 0 Å². The Morgan fingerprint density at radius 1 is 1.03 bits per heavy atom. The van der Waals surface area contributed by atoms with Crippen LogP contribution in [0.3, 0.4) is 0 Å². The number of fused-ring (bicyclic) bond motifs is 1. The standard InChI is InChI=1S/C26H23N3OS/c30-25(28-23-10-4-8-20(15-23)14-19-6-2-1-3-7-19)16-21-11-13-29-24(21)18-31-26(29)22-9-5-12-27-17-22/h1-13,15,17,26H,14,16,18H2,(H,28,30). The fraction of sp³-hybridized carbons (Fsp3) is 0.154. The van der Waals surface area contributed by atoms with Gasteiger partial charge in [-0.2, -0.15) is 0 Å². The fourth-order valence-electron chi connectivity index (χ4n) is 4.06. The van der Waals surface area contributed by atoms with Gasteiger partial charge in [0.15, 0.2) is 0 Å². The van der Waals surface area contributed by atoms with Gasteiger partial charge in [0.05, 0.1) is 6.42 Å². The number of rotatable bonds is 6. The number of aromatic nitrogens is 2. The van der Waals surface area contributed by atoms with E-state index >= 15 is 0 Å². The number of nitrogens with zero attached hydrogens (tertiary/aromatic N) is 2. The Kier molecular flexibility index (Phi) is 5.59. The third-order valence-corrected chi connectivity index (χ3v) is 6.79. The number of carbonyl (C=O) groups is 1. The molecule has 1 aliphatic rings. The van der Waals surface area contributed by atoms with Crippen LogP contribution in [0.1, 0.15) is 33.3 Å². The second kappa shape index (κ2) is 8.82. The molecule has 4 nitrogen and oxygen atoms in total. The molecule has 5 rings (SSSR count). The quantitative estimate of drug-likeness (QED) is 0.447. The minimum atomic E-state index is 0.0145. The molecule has 5 heteroatoms. The molecule has 0 saturated carbocycles. The van der Waals surface area contributed by atoms with E-state index in [1.165, 1.54) is 22.4 Å². The third-order valence-electron chi connectivity index (χ3n) is 5.53. The summed E-state index contributed by atoms with van der Waals surface area (Å²) in [5.41, 5.74) is 6.80. The molecule has 4 aromatic rings. The summed E-state index contributed by atoms with van der Waals surface area (Å²) in [5.74, 6) is 0.919. The van der Waals surface area contributed by atoms with Crippen molar-refractivity contribution in [3.05, 3.63) is 119 Å². The number of hydrogen-bond donors (Lipinski definition) is 1. The zero-order chi connectivity index (χ0) is 21.0. The predicted molar refractivity (Wildman–Crippen MR) is 126 cm³/mol. The minimum absolute atomic E-state index is 0.0145. The zero-order valence-corrected chi connectivity index (χ0v) is 17.9. The van der Waals surface area contributed by atoms with Crippen molar-refractivity contribution in [2.24, 2.45) is 0 Å². The van der Waals surface area contributed by atoms with Gasteiger partial charge in [-0.1, -0.05) is 48.5 Å². The first kappa shape index (κ1) is 19.6. The molecule has 0 bridgehead atoms. The lowest BCUT2D eigenvalue weighted by atomic mass is 10.0. The van der Waals surface area contributed by atoms with E-state index in [1.807, 2.05) is 42.2 Å². The average Bonchev–Trinajstić information content (AvgIpc) is 3.38. The van der Waals surface area contributed by atoms with E-state index in [-0.39, 0.29) is 11.3 Å². The van der Waals surface area contributed by atoms with Crippen LogP contribution in [0.15, 0.2) is 91.4 Å². The van der Waals surface area contributed by atoms with Crippen molar-refractivity contribution < 1.29 is 4.79 Å². The molecule has 154 valence electrons. The van der Waals surface area contributed by atoms with E-state index in [2.05, 4.69) is 69.6 Å². The van der Waals surface area contributed by atoms with Crippen LogP contribution in [0, 0.1) is 0 Å². The number of pyridine rings is 1. The molecule has 0 radical (unpaired) electrons. The fourth-order valence-corrected chi connectivity index (χ4v) is 5.40. The van der Waals surface area contributed by atoms with Crippen molar-refractivity contribution in [2.75, 3.05) is 5.32 Å². The maximum absolute atomic E-state index is 12.8. The van der Waals surface area contributed by atoms with Crippen LogP contribution in [0.5, 0.6) is 0 Å². The lowest BCUT2D eigenvalue weighted by Gasteiger charge is -2.12. The second-order valence-electron chi connectivity index (χ2n) is 7.73. The summed E-state index contributed by atoms with van der Waals surface area (Å²) in [7, 11) is 0. The molecule has 31 heavy (non-hydrogen) atoms. The summed E-state index contributed by atoms with van der Waals surface area (Å²) in [4.78, 5) is 17.0. The highest BCUT2D eigenvalue weighted by Crippen LogP contribution is 2.41. The van der Waals surface area contributed by atoms with Crippen molar-refractivity contribution in [2.45, 2.75) is 24.0 Å². The highest BCUT2D eigenvalue weighted by molar-refractivity contribution is 7.99. The third kappa shape index (κ3) is 4.42. The number of nitrogens with one attached hydrogen (secondary N) is 1. The van der Waals surface area contributed by atoms with E-state index in [0.717, 1.165) is 23.4 Å². The maximum Gasteiger partial charge on any atom is 0.228 e. The summed E-state index contributed by atoms with van der Waals surface area (Å²) in [6, 6.07) is 24.6. The first-order chi connectivity index (χ1) is 15.3. The van der Waals surface area contributed by atoms with Gasteiger partial charge >= 0.3 is 0 Å². The molecule has 2 aromatic heterocycles. The van der Waals surface area contributed by atoms with Crippen molar-refractivity contribution >= 4 is 23.4 Å². The van der Waals surface area contributed by atoms with Crippen LogP contribution in [-0.4, -0.2) is 15.5 Å². The Morgan fingerprint density at radius 3 is 2.74 bits per heavy atom. The Balaban J connectivity index is 1.26.